The number of nitrogens with one attached hydrogen (secondary N) is 2. The lowest BCUT2D eigenvalue weighted by atomic mass is 10.1. The van der Waals surface area contributed by atoms with Gasteiger partial charge in [-0.15, -0.1) is 12.4 Å². The molecule has 1 aromatic rings. The fourth-order valence-electron chi connectivity index (χ4n) is 1.88. The highest BCUT2D eigenvalue weighted by molar-refractivity contribution is 5.85. The molecule has 0 aliphatic rings. The van der Waals surface area contributed by atoms with Crippen LogP contribution in [0.5, 0.6) is 11.5 Å². The zero-order valence-electron chi connectivity index (χ0n) is 14.0. The lowest BCUT2D eigenvalue weighted by Crippen LogP contribution is -2.43. The lowest BCUT2D eigenvalue weighted by molar-refractivity contribution is -0.124. The molecule has 0 unspecified atom stereocenters. The molecule has 1 aromatic carbocycles. The molecule has 22 heavy (non-hydrogen) atoms. The number of ether oxygens (including phenoxy) is 2. The number of benzene rings is 1. The first-order valence-corrected chi connectivity index (χ1v) is 7.17. The van der Waals surface area contributed by atoms with E-state index >= 15 is 0 Å². The third-order valence-corrected chi connectivity index (χ3v) is 2.71. The summed E-state index contributed by atoms with van der Waals surface area (Å²) in [6.07, 6.45) is 0. The van der Waals surface area contributed by atoms with Crippen molar-refractivity contribution in [2.45, 2.75) is 39.8 Å². The average molecular weight is 331 g/mol. The van der Waals surface area contributed by atoms with Crippen molar-refractivity contribution in [3.8, 4) is 11.5 Å². The molecule has 0 aliphatic heterocycles. The van der Waals surface area contributed by atoms with Crippen molar-refractivity contribution in [3.05, 3.63) is 23.8 Å². The number of carbonyl (C=O) groups excluding carboxylic acids is 1. The Morgan fingerprint density at radius 2 is 1.95 bits per heavy atom. The molecule has 0 saturated carbocycles. The number of rotatable bonds is 7. The van der Waals surface area contributed by atoms with Crippen LogP contribution in [0, 0.1) is 0 Å². The molecule has 0 atom stereocenters. The molecule has 1 rings (SSSR count). The first kappa shape index (κ1) is 20.5. The minimum Gasteiger partial charge on any atom is -0.493 e. The van der Waals surface area contributed by atoms with Crippen LogP contribution in [0.2, 0.25) is 0 Å². The van der Waals surface area contributed by atoms with E-state index in [4.69, 9.17) is 9.47 Å². The van der Waals surface area contributed by atoms with Gasteiger partial charge in [-0.05, 0) is 33.4 Å². The second-order valence-electron chi connectivity index (χ2n) is 5.82. The van der Waals surface area contributed by atoms with Gasteiger partial charge in [0.2, 0.25) is 0 Å². The molecule has 0 aromatic heterocycles. The van der Waals surface area contributed by atoms with Gasteiger partial charge in [0.25, 0.3) is 5.91 Å². The Hall–Kier alpha value is -1.46. The normalized spacial score (nSPS) is 10.6. The summed E-state index contributed by atoms with van der Waals surface area (Å²) in [5, 5.41) is 6.12. The third-order valence-electron chi connectivity index (χ3n) is 2.71. The summed E-state index contributed by atoms with van der Waals surface area (Å²) in [4.78, 5) is 11.9. The maximum Gasteiger partial charge on any atom is 0.258 e. The predicted octanol–water partition coefficient (Wildman–Crippen LogP) is 2.52. The average Bonchev–Trinajstić information content (AvgIpc) is 2.41. The van der Waals surface area contributed by atoms with E-state index in [2.05, 4.69) is 10.6 Å². The molecule has 0 bridgehead atoms. The van der Waals surface area contributed by atoms with E-state index in [0.717, 1.165) is 12.1 Å². The Balaban J connectivity index is 0.00000441. The molecule has 0 aliphatic carbocycles. The van der Waals surface area contributed by atoms with Gasteiger partial charge in [-0.3, -0.25) is 4.79 Å². The van der Waals surface area contributed by atoms with Crippen LogP contribution in [0.1, 0.15) is 33.3 Å². The van der Waals surface area contributed by atoms with E-state index < -0.39 is 0 Å². The van der Waals surface area contributed by atoms with Crippen LogP contribution in [-0.2, 0) is 11.3 Å². The van der Waals surface area contributed by atoms with Crippen molar-refractivity contribution in [2.75, 3.05) is 20.3 Å². The van der Waals surface area contributed by atoms with Crippen molar-refractivity contribution >= 4 is 18.3 Å². The Labute approximate surface area is 139 Å². The summed E-state index contributed by atoms with van der Waals surface area (Å²) in [5.41, 5.74) is 0.702. The number of hydrogen-bond donors (Lipinski definition) is 2. The zero-order valence-corrected chi connectivity index (χ0v) is 14.8. The number of carbonyl (C=O) groups is 1. The molecule has 0 radical (unpaired) electrons. The van der Waals surface area contributed by atoms with E-state index in [1.165, 1.54) is 0 Å². The monoisotopic (exact) mass is 330 g/mol. The fraction of sp³-hybridized carbons (Fsp3) is 0.562. The Bertz CT molecular complexity index is 473. The number of hydrogen-bond acceptors (Lipinski definition) is 4. The van der Waals surface area contributed by atoms with Crippen molar-refractivity contribution in [2.24, 2.45) is 0 Å². The quantitative estimate of drug-likeness (QED) is 0.806. The molecule has 1 amide bonds. The van der Waals surface area contributed by atoms with Gasteiger partial charge in [-0.2, -0.15) is 0 Å². The number of methoxy groups -OCH3 is 1. The van der Waals surface area contributed by atoms with Gasteiger partial charge in [0.15, 0.2) is 18.1 Å². The van der Waals surface area contributed by atoms with Gasteiger partial charge < -0.3 is 20.1 Å². The first-order chi connectivity index (χ1) is 9.87. The second-order valence-corrected chi connectivity index (χ2v) is 5.82. The first-order valence-electron chi connectivity index (χ1n) is 7.17. The van der Waals surface area contributed by atoms with E-state index in [-0.39, 0.29) is 30.5 Å². The molecule has 0 fully saturated rings. The molecular weight excluding hydrogens is 304 g/mol. The van der Waals surface area contributed by atoms with Gasteiger partial charge in [0, 0.05) is 17.6 Å². The maximum absolute atomic E-state index is 11.9. The van der Waals surface area contributed by atoms with Crippen LogP contribution >= 0.6 is 12.4 Å². The highest BCUT2D eigenvalue weighted by atomic mass is 35.5. The minimum atomic E-state index is -0.270. The Kier molecular flexibility index (Phi) is 8.90. The van der Waals surface area contributed by atoms with Gasteiger partial charge in [-0.1, -0.05) is 19.1 Å². The smallest absolute Gasteiger partial charge is 0.258 e. The van der Waals surface area contributed by atoms with Gasteiger partial charge >= 0.3 is 0 Å². The molecule has 0 spiro atoms. The van der Waals surface area contributed by atoms with Crippen molar-refractivity contribution in [3.63, 3.8) is 0 Å². The predicted molar refractivity (Wildman–Crippen MR) is 91.0 cm³/mol. The van der Waals surface area contributed by atoms with Crippen molar-refractivity contribution < 1.29 is 14.3 Å². The molecule has 2 N–H and O–H groups in total. The van der Waals surface area contributed by atoms with Crippen LogP contribution in [0.4, 0.5) is 0 Å². The summed E-state index contributed by atoms with van der Waals surface area (Å²) < 4.78 is 11.0. The molecule has 126 valence electrons. The number of amides is 1. The fourth-order valence-corrected chi connectivity index (χ4v) is 1.88. The van der Waals surface area contributed by atoms with Crippen molar-refractivity contribution in [1.29, 1.82) is 0 Å². The summed E-state index contributed by atoms with van der Waals surface area (Å²) in [6, 6.07) is 5.70. The molecule has 0 saturated heterocycles. The summed E-state index contributed by atoms with van der Waals surface area (Å²) in [6.45, 7) is 9.35. The van der Waals surface area contributed by atoms with Crippen LogP contribution in [0.25, 0.3) is 0 Å². The number of halogens is 1. The Morgan fingerprint density at radius 3 is 2.50 bits per heavy atom. The van der Waals surface area contributed by atoms with Crippen LogP contribution in [-0.4, -0.2) is 31.7 Å². The van der Waals surface area contributed by atoms with E-state index in [9.17, 15) is 4.79 Å². The maximum atomic E-state index is 11.9. The highest BCUT2D eigenvalue weighted by Crippen LogP contribution is 2.31. The topological polar surface area (TPSA) is 59.6 Å². The van der Waals surface area contributed by atoms with Gasteiger partial charge in [0.1, 0.15) is 0 Å². The molecular formula is C16H27ClN2O3. The highest BCUT2D eigenvalue weighted by Gasteiger charge is 2.16. The third kappa shape index (κ3) is 7.00. The van der Waals surface area contributed by atoms with Crippen molar-refractivity contribution in [1.82, 2.24) is 10.6 Å². The second kappa shape index (κ2) is 9.54. The number of para-hydroxylation sites is 1. The van der Waals surface area contributed by atoms with Gasteiger partial charge in [-0.25, -0.2) is 0 Å². The standard InChI is InChI=1S/C16H26N2O3.ClH/c1-6-17-10-12-8-7-9-13(20-5)15(12)21-11-14(19)18-16(2,3)4;/h7-9,17H,6,10-11H2,1-5H3,(H,18,19);1H. The Morgan fingerprint density at radius 1 is 1.27 bits per heavy atom. The van der Waals surface area contributed by atoms with E-state index in [0.29, 0.717) is 18.0 Å². The summed E-state index contributed by atoms with van der Waals surface area (Å²) in [7, 11) is 1.59. The lowest BCUT2D eigenvalue weighted by Gasteiger charge is -2.21. The summed E-state index contributed by atoms with van der Waals surface area (Å²) >= 11 is 0. The van der Waals surface area contributed by atoms with Gasteiger partial charge in [0.05, 0.1) is 7.11 Å². The SMILES string of the molecule is CCNCc1cccc(OC)c1OCC(=O)NC(C)(C)C.Cl. The van der Waals surface area contributed by atoms with Crippen LogP contribution < -0.4 is 20.1 Å². The summed E-state index contributed by atoms with van der Waals surface area (Å²) in [5.74, 6) is 1.10. The molecule has 6 heteroatoms. The molecule has 0 heterocycles. The minimum absolute atomic E-state index is 0. The zero-order chi connectivity index (χ0) is 15.9. The largest absolute Gasteiger partial charge is 0.493 e. The van der Waals surface area contributed by atoms with E-state index in [1.54, 1.807) is 7.11 Å². The van der Waals surface area contributed by atoms with Crippen LogP contribution in [0.15, 0.2) is 18.2 Å². The van der Waals surface area contributed by atoms with E-state index in [1.807, 2.05) is 45.9 Å². The molecule has 5 nitrogen and oxygen atoms in total. The van der Waals surface area contributed by atoms with Crippen LogP contribution in [0.3, 0.4) is 0 Å².